The molecule has 246 valence electrons. The van der Waals surface area contributed by atoms with E-state index in [2.05, 4.69) is 218 Å². The molecule has 0 bridgehead atoms. The van der Waals surface area contributed by atoms with E-state index < -0.39 is 0 Å². The Balaban J connectivity index is 1.00. The molecular weight excluding hydrogens is 625 g/mol. The quantitative estimate of drug-likeness (QED) is 0.142. The van der Waals surface area contributed by atoms with E-state index >= 15 is 0 Å². The van der Waals surface area contributed by atoms with Crippen LogP contribution >= 0.6 is 0 Å². The minimum Gasteiger partial charge on any atom is -0.0622 e. The molecule has 9 aromatic rings. The Hall–Kier alpha value is -6.50. The molecule has 0 heterocycles. The summed E-state index contributed by atoms with van der Waals surface area (Å²) in [6, 6.07) is 79.8. The molecule has 0 saturated carbocycles. The van der Waals surface area contributed by atoms with Crippen molar-refractivity contribution in [2.45, 2.75) is 11.8 Å². The van der Waals surface area contributed by atoms with Crippen LogP contribution in [-0.2, 0) is 0 Å². The lowest BCUT2D eigenvalue weighted by molar-refractivity contribution is 0.989. The van der Waals surface area contributed by atoms with Gasteiger partial charge in [-0.1, -0.05) is 218 Å². The monoisotopic (exact) mass is 662 g/mol. The highest BCUT2D eigenvalue weighted by molar-refractivity contribution is 5.88. The van der Waals surface area contributed by atoms with Crippen molar-refractivity contribution in [2.24, 2.45) is 0 Å². The molecule has 0 nitrogen and oxygen atoms in total. The van der Waals surface area contributed by atoms with Crippen molar-refractivity contribution in [3.8, 4) is 22.3 Å². The fourth-order valence-corrected chi connectivity index (χ4v) is 7.99. The molecule has 0 aliphatic carbocycles. The molecule has 0 aliphatic heterocycles. The molecule has 9 rings (SSSR count). The van der Waals surface area contributed by atoms with Crippen molar-refractivity contribution in [3.05, 3.63) is 252 Å². The molecule has 0 aliphatic rings. The standard InChI is InChI=1S/C52H38/c1-3-15-43(16-4-1)51(49-23-11-19-41-13-7-9-21-47(41)49)45-33-29-39(30-34-45)37-25-27-38(28-26-37)40-31-35-46(36-32-40)52(44-17-5-2-6-18-44)50-24-12-20-42-14-8-10-22-48(42)50/h1-36,51-52H. The lowest BCUT2D eigenvalue weighted by Crippen LogP contribution is -2.04. The highest BCUT2D eigenvalue weighted by Crippen LogP contribution is 2.39. The van der Waals surface area contributed by atoms with Gasteiger partial charge in [0.2, 0.25) is 0 Å². The second-order valence-corrected chi connectivity index (χ2v) is 13.6. The Bertz CT molecular complexity index is 2390. The summed E-state index contributed by atoms with van der Waals surface area (Å²) in [5.41, 5.74) is 12.7. The zero-order valence-electron chi connectivity index (χ0n) is 28.9. The second kappa shape index (κ2) is 14.0. The summed E-state index contributed by atoms with van der Waals surface area (Å²) in [5.74, 6) is 0.294. The minimum absolute atomic E-state index is 0.147. The maximum Gasteiger partial charge on any atom is 0.0346 e. The second-order valence-electron chi connectivity index (χ2n) is 13.6. The Morgan fingerprint density at radius 1 is 0.212 bits per heavy atom. The van der Waals surface area contributed by atoms with Gasteiger partial charge >= 0.3 is 0 Å². The summed E-state index contributed by atoms with van der Waals surface area (Å²) in [6.07, 6.45) is 0. The van der Waals surface area contributed by atoms with E-state index in [0.29, 0.717) is 0 Å². The molecule has 0 N–H and O–H groups in total. The van der Waals surface area contributed by atoms with E-state index in [-0.39, 0.29) is 11.8 Å². The van der Waals surface area contributed by atoms with E-state index in [9.17, 15) is 0 Å². The predicted molar refractivity (Wildman–Crippen MR) is 220 cm³/mol. The van der Waals surface area contributed by atoms with Gasteiger partial charge in [0.25, 0.3) is 0 Å². The number of benzene rings is 9. The Morgan fingerprint density at radius 3 is 0.885 bits per heavy atom. The Labute approximate surface area is 306 Å². The summed E-state index contributed by atoms with van der Waals surface area (Å²) < 4.78 is 0. The fraction of sp³-hybridized carbons (Fsp3) is 0.0385. The van der Waals surface area contributed by atoms with Crippen LogP contribution in [0.25, 0.3) is 43.8 Å². The maximum absolute atomic E-state index is 2.31. The van der Waals surface area contributed by atoms with E-state index in [1.165, 1.54) is 77.2 Å². The van der Waals surface area contributed by atoms with Crippen molar-refractivity contribution in [3.63, 3.8) is 0 Å². The molecule has 0 fully saturated rings. The lowest BCUT2D eigenvalue weighted by atomic mass is 9.82. The molecule has 0 spiro atoms. The van der Waals surface area contributed by atoms with Crippen LogP contribution in [0.2, 0.25) is 0 Å². The zero-order chi connectivity index (χ0) is 34.7. The molecule has 52 heavy (non-hydrogen) atoms. The molecule has 9 aromatic carbocycles. The average Bonchev–Trinajstić information content (AvgIpc) is 3.23. The first-order valence-electron chi connectivity index (χ1n) is 18.2. The van der Waals surface area contributed by atoms with Crippen LogP contribution in [0.3, 0.4) is 0 Å². The van der Waals surface area contributed by atoms with Crippen LogP contribution in [0.4, 0.5) is 0 Å². The lowest BCUT2D eigenvalue weighted by Gasteiger charge is -2.21. The van der Waals surface area contributed by atoms with Gasteiger partial charge in [-0.15, -0.1) is 0 Å². The van der Waals surface area contributed by atoms with Crippen LogP contribution in [0.5, 0.6) is 0 Å². The smallest absolute Gasteiger partial charge is 0.0346 e. The van der Waals surface area contributed by atoms with Gasteiger partial charge in [0.1, 0.15) is 0 Å². The van der Waals surface area contributed by atoms with E-state index in [1.807, 2.05) is 0 Å². The largest absolute Gasteiger partial charge is 0.0622 e. The summed E-state index contributed by atoms with van der Waals surface area (Å²) in [4.78, 5) is 0. The Kier molecular flexibility index (Phi) is 8.49. The van der Waals surface area contributed by atoms with Crippen molar-refractivity contribution >= 4 is 21.5 Å². The summed E-state index contributed by atoms with van der Waals surface area (Å²) in [7, 11) is 0. The first-order chi connectivity index (χ1) is 25.8. The van der Waals surface area contributed by atoms with Gasteiger partial charge in [-0.2, -0.15) is 0 Å². The van der Waals surface area contributed by atoms with E-state index in [4.69, 9.17) is 0 Å². The third kappa shape index (κ3) is 6.10. The maximum atomic E-state index is 2.31. The van der Waals surface area contributed by atoms with Gasteiger partial charge in [0.15, 0.2) is 0 Å². The van der Waals surface area contributed by atoms with Crippen LogP contribution in [0.1, 0.15) is 45.2 Å². The highest BCUT2D eigenvalue weighted by atomic mass is 14.2. The molecule has 0 radical (unpaired) electrons. The fourth-order valence-electron chi connectivity index (χ4n) is 7.99. The van der Waals surface area contributed by atoms with Gasteiger partial charge < -0.3 is 0 Å². The van der Waals surface area contributed by atoms with Gasteiger partial charge in [-0.3, -0.25) is 0 Å². The van der Waals surface area contributed by atoms with E-state index in [0.717, 1.165) is 0 Å². The zero-order valence-corrected chi connectivity index (χ0v) is 28.9. The summed E-state index contributed by atoms with van der Waals surface area (Å²) in [5, 5.41) is 5.15. The van der Waals surface area contributed by atoms with Gasteiger partial charge in [0.05, 0.1) is 0 Å². The third-order valence-electron chi connectivity index (χ3n) is 10.6. The first-order valence-corrected chi connectivity index (χ1v) is 18.2. The van der Waals surface area contributed by atoms with Crippen LogP contribution in [0.15, 0.2) is 218 Å². The molecule has 0 aromatic heterocycles. The summed E-state index contributed by atoms with van der Waals surface area (Å²) in [6.45, 7) is 0. The van der Waals surface area contributed by atoms with Crippen LogP contribution < -0.4 is 0 Å². The molecule has 2 atom stereocenters. The van der Waals surface area contributed by atoms with Crippen LogP contribution in [-0.4, -0.2) is 0 Å². The van der Waals surface area contributed by atoms with Crippen molar-refractivity contribution in [1.29, 1.82) is 0 Å². The SMILES string of the molecule is c1ccc(C(c2ccc(-c3ccc(-c4ccc(C(c5ccccc5)c5cccc6ccccc56)cc4)cc3)cc2)c2cccc3ccccc23)cc1. The Morgan fingerprint density at radius 2 is 0.500 bits per heavy atom. The van der Waals surface area contributed by atoms with Crippen molar-refractivity contribution in [2.75, 3.05) is 0 Å². The minimum atomic E-state index is 0.147. The topological polar surface area (TPSA) is 0 Å². The molecule has 2 unspecified atom stereocenters. The third-order valence-corrected chi connectivity index (χ3v) is 10.6. The first kappa shape index (κ1) is 31.5. The van der Waals surface area contributed by atoms with E-state index in [1.54, 1.807) is 0 Å². The molecule has 0 amide bonds. The number of hydrogen-bond donors (Lipinski definition) is 0. The molecular formula is C52H38. The van der Waals surface area contributed by atoms with Gasteiger partial charge in [0, 0.05) is 11.8 Å². The highest BCUT2D eigenvalue weighted by Gasteiger charge is 2.20. The predicted octanol–water partition coefficient (Wildman–Crippen LogP) is 13.7. The number of rotatable bonds is 8. The average molecular weight is 663 g/mol. The number of fused-ring (bicyclic) bond motifs is 2. The van der Waals surface area contributed by atoms with Crippen LogP contribution in [0, 0.1) is 0 Å². The van der Waals surface area contributed by atoms with Crippen molar-refractivity contribution < 1.29 is 0 Å². The number of hydrogen-bond acceptors (Lipinski definition) is 0. The van der Waals surface area contributed by atoms with Crippen molar-refractivity contribution in [1.82, 2.24) is 0 Å². The van der Waals surface area contributed by atoms with Gasteiger partial charge in [-0.05, 0) is 77.2 Å². The summed E-state index contributed by atoms with van der Waals surface area (Å²) >= 11 is 0. The molecule has 0 heteroatoms. The normalized spacial score (nSPS) is 12.5. The molecule has 0 saturated heterocycles. The van der Waals surface area contributed by atoms with Gasteiger partial charge in [-0.25, -0.2) is 0 Å².